The first-order chi connectivity index (χ1) is 14.6. The van der Waals surface area contributed by atoms with E-state index < -0.39 is 11.7 Å². The fourth-order valence-corrected chi connectivity index (χ4v) is 3.51. The monoisotopic (exact) mass is 402 g/mol. The highest BCUT2D eigenvalue weighted by atomic mass is 19.1. The van der Waals surface area contributed by atoms with Crippen molar-refractivity contribution < 1.29 is 9.18 Å². The Balaban J connectivity index is 1.67. The van der Waals surface area contributed by atoms with Crippen molar-refractivity contribution in [1.82, 2.24) is 25.6 Å². The van der Waals surface area contributed by atoms with Crippen LogP contribution in [0.15, 0.2) is 67.0 Å². The van der Waals surface area contributed by atoms with Gasteiger partial charge in [0.2, 0.25) is 11.7 Å². The van der Waals surface area contributed by atoms with Crippen LogP contribution in [0.5, 0.6) is 0 Å². The summed E-state index contributed by atoms with van der Waals surface area (Å²) < 4.78 is 14.3. The van der Waals surface area contributed by atoms with Crippen molar-refractivity contribution in [2.24, 2.45) is 5.73 Å². The Labute approximate surface area is 172 Å². The van der Waals surface area contributed by atoms with E-state index >= 15 is 0 Å². The predicted octanol–water partition coefficient (Wildman–Crippen LogP) is 3.27. The van der Waals surface area contributed by atoms with E-state index in [4.69, 9.17) is 5.73 Å². The lowest BCUT2D eigenvalue weighted by Gasteiger charge is -2.17. The Morgan fingerprint density at radius 2 is 1.93 bits per heavy atom. The molecular formula is C22H19FN6O. The Morgan fingerprint density at radius 3 is 2.67 bits per heavy atom. The summed E-state index contributed by atoms with van der Waals surface area (Å²) in [6, 6.07) is 16.4. The SMILES string of the molecule is NC(=O)CC(Cc1cccc(-c2cccnc2)c1)c1cc(F)cc(-c2nn[nH]n2)c1. The number of rotatable bonds is 7. The third kappa shape index (κ3) is 4.54. The van der Waals surface area contributed by atoms with Crippen molar-refractivity contribution in [3.05, 3.63) is 83.9 Å². The Kier molecular flexibility index (Phi) is 5.56. The lowest BCUT2D eigenvalue weighted by atomic mass is 9.87. The first-order valence-corrected chi connectivity index (χ1v) is 9.40. The standard InChI is InChI=1S/C22H19FN6O/c23-20-10-18(9-19(11-20)22-26-28-29-27-22)17(12-21(24)30)8-14-3-1-4-15(7-14)16-5-2-6-25-13-16/h1-7,9-11,13,17H,8,12H2,(H2,24,30)(H,26,27,28,29). The lowest BCUT2D eigenvalue weighted by molar-refractivity contribution is -0.118. The second-order valence-electron chi connectivity index (χ2n) is 7.02. The average Bonchev–Trinajstić information content (AvgIpc) is 3.28. The predicted molar refractivity (Wildman–Crippen MR) is 110 cm³/mol. The first-order valence-electron chi connectivity index (χ1n) is 9.40. The average molecular weight is 402 g/mol. The molecule has 0 aliphatic carbocycles. The molecule has 2 aromatic carbocycles. The molecule has 2 heterocycles. The normalized spacial score (nSPS) is 11.9. The van der Waals surface area contributed by atoms with Gasteiger partial charge in [-0.15, -0.1) is 10.2 Å². The number of hydrogen-bond donors (Lipinski definition) is 2. The Hall–Kier alpha value is -3.94. The smallest absolute Gasteiger partial charge is 0.218 e. The number of H-pyrrole nitrogens is 1. The van der Waals surface area contributed by atoms with Crippen LogP contribution in [0.1, 0.15) is 23.5 Å². The molecule has 8 heteroatoms. The zero-order valence-electron chi connectivity index (χ0n) is 16.0. The molecule has 0 radical (unpaired) electrons. The molecular weight excluding hydrogens is 383 g/mol. The van der Waals surface area contributed by atoms with Gasteiger partial charge in [-0.05, 0) is 64.1 Å². The quantitative estimate of drug-likeness (QED) is 0.493. The van der Waals surface area contributed by atoms with E-state index in [0.717, 1.165) is 16.7 Å². The van der Waals surface area contributed by atoms with Crippen molar-refractivity contribution in [3.63, 3.8) is 0 Å². The van der Waals surface area contributed by atoms with Gasteiger partial charge in [-0.3, -0.25) is 9.78 Å². The first kappa shape index (κ1) is 19.4. The Morgan fingerprint density at radius 1 is 1.07 bits per heavy atom. The summed E-state index contributed by atoms with van der Waals surface area (Å²) in [5.74, 6) is -0.903. The molecule has 1 unspecified atom stereocenters. The number of pyridine rings is 1. The lowest BCUT2D eigenvalue weighted by Crippen LogP contribution is -2.17. The minimum absolute atomic E-state index is 0.0895. The van der Waals surface area contributed by atoms with Gasteiger partial charge in [0, 0.05) is 24.4 Å². The molecule has 4 rings (SSSR count). The van der Waals surface area contributed by atoms with Gasteiger partial charge in [0.25, 0.3) is 0 Å². The Bertz CT molecular complexity index is 1150. The number of halogens is 1. The highest BCUT2D eigenvalue weighted by molar-refractivity contribution is 5.75. The second kappa shape index (κ2) is 8.60. The molecule has 0 bridgehead atoms. The zero-order valence-corrected chi connectivity index (χ0v) is 16.0. The van der Waals surface area contributed by atoms with Gasteiger partial charge in [-0.25, -0.2) is 4.39 Å². The van der Waals surface area contributed by atoms with E-state index in [2.05, 4.69) is 25.6 Å². The third-order valence-corrected chi connectivity index (χ3v) is 4.85. The molecule has 3 N–H and O–H groups in total. The van der Waals surface area contributed by atoms with E-state index in [9.17, 15) is 9.18 Å². The molecule has 150 valence electrons. The fraction of sp³-hybridized carbons (Fsp3) is 0.136. The van der Waals surface area contributed by atoms with Crippen LogP contribution in [-0.4, -0.2) is 31.5 Å². The summed E-state index contributed by atoms with van der Waals surface area (Å²) in [5.41, 5.74) is 9.65. The van der Waals surface area contributed by atoms with Crippen molar-refractivity contribution in [1.29, 1.82) is 0 Å². The number of carbonyl (C=O) groups excluding carboxylic acids is 1. The number of nitrogens with zero attached hydrogens (tertiary/aromatic N) is 4. The largest absolute Gasteiger partial charge is 0.370 e. The van der Waals surface area contributed by atoms with Crippen molar-refractivity contribution in [3.8, 4) is 22.5 Å². The molecule has 2 aromatic heterocycles. The molecule has 1 atom stereocenters. The van der Waals surface area contributed by atoms with E-state index in [1.807, 2.05) is 36.4 Å². The number of aromatic nitrogens is 5. The van der Waals surface area contributed by atoms with Crippen LogP contribution in [0.4, 0.5) is 4.39 Å². The van der Waals surface area contributed by atoms with Gasteiger partial charge >= 0.3 is 0 Å². The number of carbonyl (C=O) groups is 1. The number of hydrogen-bond acceptors (Lipinski definition) is 5. The maximum absolute atomic E-state index is 14.3. The summed E-state index contributed by atoms with van der Waals surface area (Å²) >= 11 is 0. The number of aromatic amines is 1. The van der Waals surface area contributed by atoms with Crippen LogP contribution in [0, 0.1) is 5.82 Å². The third-order valence-electron chi connectivity index (χ3n) is 4.85. The number of amides is 1. The summed E-state index contributed by atoms with van der Waals surface area (Å²) in [7, 11) is 0. The number of nitrogens with two attached hydrogens (primary N) is 1. The molecule has 0 aliphatic rings. The molecule has 0 saturated carbocycles. The summed E-state index contributed by atoms with van der Waals surface area (Å²) in [5, 5.41) is 13.7. The van der Waals surface area contributed by atoms with Gasteiger partial charge in [0.1, 0.15) is 5.82 Å². The second-order valence-corrected chi connectivity index (χ2v) is 7.02. The van der Waals surface area contributed by atoms with E-state index in [1.165, 1.54) is 12.1 Å². The van der Waals surface area contributed by atoms with Gasteiger partial charge in [-0.2, -0.15) is 5.21 Å². The number of benzene rings is 2. The summed E-state index contributed by atoms with van der Waals surface area (Å²) in [4.78, 5) is 15.9. The van der Waals surface area contributed by atoms with Crippen LogP contribution < -0.4 is 5.73 Å². The minimum atomic E-state index is -0.450. The van der Waals surface area contributed by atoms with Gasteiger partial charge in [0.15, 0.2) is 0 Å². The molecule has 0 saturated heterocycles. The van der Waals surface area contributed by atoms with Crippen LogP contribution >= 0.6 is 0 Å². The summed E-state index contributed by atoms with van der Waals surface area (Å²) in [6.07, 6.45) is 4.13. The van der Waals surface area contributed by atoms with E-state index in [-0.39, 0.29) is 18.2 Å². The van der Waals surface area contributed by atoms with Crippen LogP contribution in [-0.2, 0) is 11.2 Å². The molecule has 0 spiro atoms. The van der Waals surface area contributed by atoms with E-state index in [1.54, 1.807) is 18.5 Å². The summed E-state index contributed by atoms with van der Waals surface area (Å²) in [6.45, 7) is 0. The van der Waals surface area contributed by atoms with Gasteiger partial charge in [-0.1, -0.05) is 30.3 Å². The van der Waals surface area contributed by atoms with Gasteiger partial charge in [0.05, 0.1) is 0 Å². The van der Waals surface area contributed by atoms with Crippen molar-refractivity contribution in [2.75, 3.05) is 0 Å². The number of tetrazole rings is 1. The number of nitrogens with one attached hydrogen (secondary N) is 1. The van der Waals surface area contributed by atoms with Crippen molar-refractivity contribution >= 4 is 5.91 Å². The maximum atomic E-state index is 14.3. The van der Waals surface area contributed by atoms with Crippen LogP contribution in [0.2, 0.25) is 0 Å². The molecule has 7 nitrogen and oxygen atoms in total. The molecule has 0 aliphatic heterocycles. The van der Waals surface area contributed by atoms with E-state index in [0.29, 0.717) is 17.5 Å². The number of primary amides is 1. The van der Waals surface area contributed by atoms with Crippen LogP contribution in [0.25, 0.3) is 22.5 Å². The highest BCUT2D eigenvalue weighted by Gasteiger charge is 2.19. The van der Waals surface area contributed by atoms with Gasteiger partial charge < -0.3 is 5.73 Å². The maximum Gasteiger partial charge on any atom is 0.218 e. The molecule has 1 amide bonds. The fourth-order valence-electron chi connectivity index (χ4n) is 3.51. The molecule has 30 heavy (non-hydrogen) atoms. The molecule has 4 aromatic rings. The van der Waals surface area contributed by atoms with Crippen molar-refractivity contribution in [2.45, 2.75) is 18.8 Å². The molecule has 0 fully saturated rings. The zero-order chi connectivity index (χ0) is 20.9. The highest BCUT2D eigenvalue weighted by Crippen LogP contribution is 2.30. The minimum Gasteiger partial charge on any atom is -0.370 e. The topological polar surface area (TPSA) is 110 Å². The van der Waals surface area contributed by atoms with Crippen LogP contribution in [0.3, 0.4) is 0 Å².